The summed E-state index contributed by atoms with van der Waals surface area (Å²) in [7, 11) is 0. The number of aromatic nitrogens is 4. The fourth-order valence-electron chi connectivity index (χ4n) is 3.34. The van der Waals surface area contributed by atoms with Gasteiger partial charge in [0, 0.05) is 17.0 Å². The standard InChI is InChI=1S/C23H19N5S/c1-16(17-7-3-2-4-8-17)25-23-26-20(18-11-12-29-14-18)13-22(27-23)28-15-24-19-9-5-6-10-21(19)28/h2-16H,1H3,(H,25,26,27). The molecule has 0 bridgehead atoms. The summed E-state index contributed by atoms with van der Waals surface area (Å²) in [4.78, 5) is 14.1. The molecular weight excluding hydrogens is 378 g/mol. The summed E-state index contributed by atoms with van der Waals surface area (Å²) in [5.74, 6) is 1.38. The molecule has 3 heterocycles. The SMILES string of the molecule is CC(Nc1nc(-c2ccsc2)cc(-n2cnc3ccccc32)n1)c1ccccc1. The van der Waals surface area contributed by atoms with Gasteiger partial charge in [0.25, 0.3) is 0 Å². The molecule has 5 aromatic rings. The van der Waals surface area contributed by atoms with Crippen LogP contribution < -0.4 is 5.32 Å². The maximum Gasteiger partial charge on any atom is 0.225 e. The van der Waals surface area contributed by atoms with Crippen LogP contribution in [0, 0.1) is 0 Å². The molecule has 2 aromatic carbocycles. The van der Waals surface area contributed by atoms with Crippen molar-refractivity contribution in [1.82, 2.24) is 19.5 Å². The predicted molar refractivity (Wildman–Crippen MR) is 118 cm³/mol. The van der Waals surface area contributed by atoms with Crippen LogP contribution in [0.3, 0.4) is 0 Å². The molecule has 0 amide bonds. The Hall–Kier alpha value is -3.51. The van der Waals surface area contributed by atoms with Gasteiger partial charge in [-0.05, 0) is 36.1 Å². The molecule has 5 nitrogen and oxygen atoms in total. The summed E-state index contributed by atoms with van der Waals surface area (Å²) in [6.45, 7) is 2.11. The van der Waals surface area contributed by atoms with Crippen LogP contribution in [0.4, 0.5) is 5.95 Å². The van der Waals surface area contributed by atoms with Crippen LogP contribution in [0.25, 0.3) is 28.1 Å². The van der Waals surface area contributed by atoms with Crippen molar-refractivity contribution in [2.75, 3.05) is 5.32 Å². The van der Waals surface area contributed by atoms with E-state index in [-0.39, 0.29) is 6.04 Å². The fourth-order valence-corrected chi connectivity index (χ4v) is 3.99. The molecule has 29 heavy (non-hydrogen) atoms. The molecule has 0 aliphatic rings. The average molecular weight is 398 g/mol. The van der Waals surface area contributed by atoms with Crippen molar-refractivity contribution in [3.05, 3.63) is 89.4 Å². The third kappa shape index (κ3) is 3.50. The van der Waals surface area contributed by atoms with Crippen LogP contribution in [-0.4, -0.2) is 19.5 Å². The van der Waals surface area contributed by atoms with Crippen LogP contribution >= 0.6 is 11.3 Å². The van der Waals surface area contributed by atoms with E-state index < -0.39 is 0 Å². The molecule has 0 saturated carbocycles. The minimum Gasteiger partial charge on any atom is -0.348 e. The van der Waals surface area contributed by atoms with E-state index in [0.717, 1.165) is 28.1 Å². The van der Waals surface area contributed by atoms with Crippen molar-refractivity contribution in [2.24, 2.45) is 0 Å². The van der Waals surface area contributed by atoms with E-state index in [1.54, 1.807) is 11.3 Å². The summed E-state index contributed by atoms with van der Waals surface area (Å²) in [5, 5.41) is 7.62. The molecule has 1 unspecified atom stereocenters. The maximum absolute atomic E-state index is 4.81. The largest absolute Gasteiger partial charge is 0.348 e. The van der Waals surface area contributed by atoms with E-state index in [0.29, 0.717) is 5.95 Å². The number of hydrogen-bond donors (Lipinski definition) is 1. The highest BCUT2D eigenvalue weighted by molar-refractivity contribution is 7.08. The number of fused-ring (bicyclic) bond motifs is 1. The number of anilines is 1. The van der Waals surface area contributed by atoms with Crippen molar-refractivity contribution >= 4 is 28.3 Å². The molecule has 3 aromatic heterocycles. The first kappa shape index (κ1) is 17.6. The van der Waals surface area contributed by atoms with E-state index >= 15 is 0 Å². The van der Waals surface area contributed by atoms with E-state index in [9.17, 15) is 0 Å². The number of nitrogens with one attached hydrogen (secondary N) is 1. The lowest BCUT2D eigenvalue weighted by molar-refractivity contribution is 0.855. The zero-order valence-electron chi connectivity index (χ0n) is 15.9. The quantitative estimate of drug-likeness (QED) is 0.412. The molecule has 0 aliphatic carbocycles. The van der Waals surface area contributed by atoms with Crippen LogP contribution in [0.2, 0.25) is 0 Å². The zero-order chi connectivity index (χ0) is 19.6. The Morgan fingerprint density at radius 1 is 0.966 bits per heavy atom. The van der Waals surface area contributed by atoms with Crippen LogP contribution in [-0.2, 0) is 0 Å². The van der Waals surface area contributed by atoms with Crippen molar-refractivity contribution in [3.63, 3.8) is 0 Å². The van der Waals surface area contributed by atoms with Crippen LogP contribution in [0.5, 0.6) is 0 Å². The second kappa shape index (κ2) is 7.48. The second-order valence-electron chi connectivity index (χ2n) is 6.83. The van der Waals surface area contributed by atoms with Crippen molar-refractivity contribution in [2.45, 2.75) is 13.0 Å². The highest BCUT2D eigenvalue weighted by Gasteiger charge is 2.13. The van der Waals surface area contributed by atoms with Gasteiger partial charge in [0.15, 0.2) is 0 Å². The smallest absolute Gasteiger partial charge is 0.225 e. The molecule has 0 radical (unpaired) electrons. The van der Waals surface area contributed by atoms with Gasteiger partial charge in [-0.25, -0.2) is 9.97 Å². The summed E-state index contributed by atoms with van der Waals surface area (Å²) < 4.78 is 2.01. The van der Waals surface area contributed by atoms with Crippen molar-refractivity contribution in [1.29, 1.82) is 0 Å². The van der Waals surface area contributed by atoms with Gasteiger partial charge >= 0.3 is 0 Å². The minimum absolute atomic E-state index is 0.0845. The molecule has 1 N–H and O–H groups in total. The number of nitrogens with zero attached hydrogens (tertiary/aromatic N) is 4. The zero-order valence-corrected chi connectivity index (χ0v) is 16.7. The first-order valence-electron chi connectivity index (χ1n) is 9.43. The van der Waals surface area contributed by atoms with Gasteiger partial charge in [0.05, 0.1) is 22.8 Å². The van der Waals surface area contributed by atoms with Gasteiger partial charge in [0.2, 0.25) is 5.95 Å². The molecule has 0 saturated heterocycles. The number of thiophene rings is 1. The van der Waals surface area contributed by atoms with Gasteiger partial charge in [0.1, 0.15) is 12.1 Å². The highest BCUT2D eigenvalue weighted by atomic mass is 32.1. The first-order valence-corrected chi connectivity index (χ1v) is 10.4. The Labute approximate surface area is 172 Å². The Bertz CT molecular complexity index is 1250. The minimum atomic E-state index is 0.0845. The number of rotatable bonds is 5. The van der Waals surface area contributed by atoms with E-state index in [1.165, 1.54) is 5.56 Å². The molecule has 0 spiro atoms. The lowest BCUT2D eigenvalue weighted by Crippen LogP contribution is -2.11. The number of para-hydroxylation sites is 2. The van der Waals surface area contributed by atoms with E-state index in [4.69, 9.17) is 9.97 Å². The molecular formula is C23H19N5S. The van der Waals surface area contributed by atoms with Crippen LogP contribution in [0.15, 0.2) is 83.8 Å². The molecule has 0 aliphatic heterocycles. The number of imidazole rings is 1. The van der Waals surface area contributed by atoms with Gasteiger partial charge in [-0.2, -0.15) is 16.3 Å². The summed E-state index contributed by atoms with van der Waals surface area (Å²) in [6.07, 6.45) is 1.81. The lowest BCUT2D eigenvalue weighted by atomic mass is 10.1. The normalized spacial score (nSPS) is 12.2. The van der Waals surface area contributed by atoms with E-state index in [2.05, 4.69) is 52.3 Å². The highest BCUT2D eigenvalue weighted by Crippen LogP contribution is 2.26. The van der Waals surface area contributed by atoms with Gasteiger partial charge in [-0.3, -0.25) is 4.57 Å². The lowest BCUT2D eigenvalue weighted by Gasteiger charge is -2.16. The topological polar surface area (TPSA) is 55.6 Å². The third-order valence-electron chi connectivity index (χ3n) is 4.88. The van der Waals surface area contributed by atoms with Gasteiger partial charge in [-0.1, -0.05) is 42.5 Å². The Morgan fingerprint density at radius 2 is 1.79 bits per heavy atom. The summed E-state index contributed by atoms with van der Waals surface area (Å²) in [5.41, 5.74) is 5.11. The first-order chi connectivity index (χ1) is 14.3. The predicted octanol–water partition coefficient (Wildman–Crippen LogP) is 5.72. The second-order valence-corrected chi connectivity index (χ2v) is 7.61. The van der Waals surface area contributed by atoms with Crippen molar-refractivity contribution in [3.8, 4) is 17.1 Å². The summed E-state index contributed by atoms with van der Waals surface area (Å²) >= 11 is 1.66. The Morgan fingerprint density at radius 3 is 2.62 bits per heavy atom. The number of hydrogen-bond acceptors (Lipinski definition) is 5. The third-order valence-corrected chi connectivity index (χ3v) is 5.56. The van der Waals surface area contributed by atoms with Crippen molar-refractivity contribution < 1.29 is 0 Å². The Balaban J connectivity index is 1.60. The molecule has 0 fully saturated rings. The number of benzene rings is 2. The van der Waals surface area contributed by atoms with Gasteiger partial charge in [-0.15, -0.1) is 0 Å². The Kier molecular flexibility index (Phi) is 4.54. The maximum atomic E-state index is 4.81. The molecule has 1 atom stereocenters. The average Bonchev–Trinajstić information content (AvgIpc) is 3.44. The molecule has 6 heteroatoms. The molecule has 142 valence electrons. The summed E-state index contributed by atoms with van der Waals surface area (Å²) in [6, 6.07) is 22.5. The van der Waals surface area contributed by atoms with Crippen LogP contribution in [0.1, 0.15) is 18.5 Å². The molecule has 5 rings (SSSR count). The monoisotopic (exact) mass is 397 g/mol. The van der Waals surface area contributed by atoms with E-state index in [1.807, 2.05) is 53.4 Å². The fraction of sp³-hybridized carbons (Fsp3) is 0.0870. The van der Waals surface area contributed by atoms with Gasteiger partial charge < -0.3 is 5.32 Å².